The second-order valence-corrected chi connectivity index (χ2v) is 11.1. The number of carbonyl (C=O) groups excluding carboxylic acids is 1. The molecule has 0 fully saturated rings. The van der Waals surface area contributed by atoms with Crippen molar-refractivity contribution in [1.29, 1.82) is 0 Å². The van der Waals surface area contributed by atoms with Crippen molar-refractivity contribution in [1.82, 2.24) is 5.32 Å². The first-order valence-corrected chi connectivity index (χ1v) is 16.0. The number of hydrogen-bond acceptors (Lipinski definition) is 4. The fourth-order valence-corrected chi connectivity index (χ4v) is 4.78. The molecule has 0 aliphatic carbocycles. The molecule has 1 atom stereocenters. The van der Waals surface area contributed by atoms with Crippen LogP contribution in [-0.4, -0.2) is 35.8 Å². The van der Waals surface area contributed by atoms with E-state index in [2.05, 4.69) is 28.2 Å². The van der Waals surface area contributed by atoms with E-state index in [1.807, 2.05) is 13.8 Å². The molecule has 0 bridgehead atoms. The number of halogens is 1. The largest absolute Gasteiger partial charge is 0.432 e. The molecule has 0 radical (unpaired) electrons. The highest BCUT2D eigenvalue weighted by atomic mass is 79.9. The van der Waals surface area contributed by atoms with Crippen molar-refractivity contribution in [2.75, 3.05) is 18.4 Å². The molecular weight excluding hydrogens is 502 g/mol. The van der Waals surface area contributed by atoms with Gasteiger partial charge in [-0.2, -0.15) is 0 Å². The molecule has 0 aliphatic rings. The molecule has 0 spiro atoms. The van der Waals surface area contributed by atoms with E-state index in [4.69, 9.17) is 4.74 Å². The highest BCUT2D eigenvalue weighted by Gasteiger charge is 2.17. The van der Waals surface area contributed by atoms with E-state index in [9.17, 15) is 9.90 Å². The van der Waals surface area contributed by atoms with Crippen LogP contribution in [0.3, 0.4) is 0 Å². The van der Waals surface area contributed by atoms with Gasteiger partial charge >= 0.3 is 5.97 Å². The Kier molecular flexibility index (Phi) is 26.4. The van der Waals surface area contributed by atoms with Crippen LogP contribution in [0.1, 0.15) is 149 Å². The predicted octanol–water partition coefficient (Wildman–Crippen LogP) is 8.99. The summed E-state index contributed by atoms with van der Waals surface area (Å²) in [4.78, 5) is 12.1. The van der Waals surface area contributed by atoms with Crippen LogP contribution in [0, 0.1) is 0 Å². The van der Waals surface area contributed by atoms with Crippen molar-refractivity contribution in [2.24, 2.45) is 0 Å². The van der Waals surface area contributed by atoms with Gasteiger partial charge < -0.3 is 15.2 Å². The molecule has 0 rings (SSSR count). The third-order valence-corrected chi connectivity index (χ3v) is 7.29. The summed E-state index contributed by atoms with van der Waals surface area (Å²) in [6.07, 6.45) is 23.2. The highest BCUT2D eigenvalue weighted by molar-refractivity contribution is 9.09. The number of rotatable bonds is 26. The zero-order valence-electron chi connectivity index (χ0n) is 23.5. The normalized spacial score (nSPS) is 12.0. The van der Waals surface area contributed by atoms with Crippen LogP contribution in [0.4, 0.5) is 0 Å². The third kappa shape index (κ3) is 23.7. The van der Waals surface area contributed by atoms with Crippen molar-refractivity contribution in [3.63, 3.8) is 0 Å². The number of allylic oxidation sites excluding steroid dienone is 1. The molecule has 1 unspecified atom stereocenters. The number of esters is 1. The Morgan fingerprint density at radius 2 is 1.20 bits per heavy atom. The summed E-state index contributed by atoms with van der Waals surface area (Å²) in [5.41, 5.74) is 1.86. The number of unbranched alkanes of at least 4 members (excludes halogenated alkanes) is 16. The first kappa shape index (κ1) is 34.6. The minimum Gasteiger partial charge on any atom is -0.432 e. The van der Waals surface area contributed by atoms with E-state index in [1.165, 1.54) is 96.3 Å². The number of aliphatic hydroxyl groups excluding tert-OH is 1. The molecule has 0 saturated carbocycles. The standard InChI is InChI=1S/C30H58BrNO3/c1-4-5-6-7-8-9-10-11-12-13-14-18-21-25-32-26-23-28(27(2)3)30(34)35-29(33)22-19-16-15-17-20-24-31/h30,32,34H,4-26H2,1-3H3. The van der Waals surface area contributed by atoms with Gasteiger partial charge in [0.25, 0.3) is 0 Å². The van der Waals surface area contributed by atoms with Crippen LogP contribution in [0.25, 0.3) is 0 Å². The van der Waals surface area contributed by atoms with E-state index >= 15 is 0 Å². The van der Waals surface area contributed by atoms with Gasteiger partial charge in [0.2, 0.25) is 6.29 Å². The zero-order valence-corrected chi connectivity index (χ0v) is 25.1. The maximum Gasteiger partial charge on any atom is 0.308 e. The lowest BCUT2D eigenvalue weighted by Gasteiger charge is -2.18. The monoisotopic (exact) mass is 559 g/mol. The number of carbonyl (C=O) groups is 1. The van der Waals surface area contributed by atoms with Crippen LogP contribution in [0.15, 0.2) is 11.1 Å². The lowest BCUT2D eigenvalue weighted by atomic mass is 10.0. The Balaban J connectivity index is 3.69. The molecule has 4 nitrogen and oxygen atoms in total. The van der Waals surface area contributed by atoms with E-state index < -0.39 is 6.29 Å². The fraction of sp³-hybridized carbons (Fsp3) is 0.900. The second kappa shape index (κ2) is 26.7. The zero-order chi connectivity index (χ0) is 26.0. The Hall–Kier alpha value is -0.390. The molecule has 0 heterocycles. The molecular formula is C30H58BrNO3. The second-order valence-electron chi connectivity index (χ2n) is 10.3. The summed E-state index contributed by atoms with van der Waals surface area (Å²) in [6, 6.07) is 0. The van der Waals surface area contributed by atoms with Gasteiger partial charge in [0.15, 0.2) is 0 Å². The smallest absolute Gasteiger partial charge is 0.308 e. The summed E-state index contributed by atoms with van der Waals surface area (Å²) in [5.74, 6) is -0.295. The van der Waals surface area contributed by atoms with Gasteiger partial charge in [-0.3, -0.25) is 4.79 Å². The molecule has 0 amide bonds. The first-order chi connectivity index (χ1) is 17.0. The summed E-state index contributed by atoms with van der Waals surface area (Å²) in [7, 11) is 0. The summed E-state index contributed by atoms with van der Waals surface area (Å²) >= 11 is 3.44. The first-order valence-electron chi connectivity index (χ1n) is 14.8. The molecule has 0 aromatic carbocycles. The SMILES string of the molecule is CCCCCCCCCCCCCCCNCCC(=C(C)C)C(O)OC(=O)CCCCCCCBr. The minimum atomic E-state index is -1.11. The van der Waals surface area contributed by atoms with Gasteiger partial charge in [-0.05, 0) is 58.2 Å². The fourth-order valence-electron chi connectivity index (χ4n) is 4.38. The molecule has 0 aromatic heterocycles. The Labute approximate surface area is 226 Å². The lowest BCUT2D eigenvalue weighted by Crippen LogP contribution is -2.24. The van der Waals surface area contributed by atoms with Crippen LogP contribution >= 0.6 is 15.9 Å². The topological polar surface area (TPSA) is 58.6 Å². The van der Waals surface area contributed by atoms with Gasteiger partial charge in [0.05, 0.1) is 0 Å². The van der Waals surface area contributed by atoms with Gasteiger partial charge in [0, 0.05) is 11.8 Å². The summed E-state index contributed by atoms with van der Waals surface area (Å²) in [5, 5.41) is 14.9. The van der Waals surface area contributed by atoms with Crippen LogP contribution in [0.2, 0.25) is 0 Å². The number of ether oxygens (including phenoxy) is 1. The summed E-state index contributed by atoms with van der Waals surface area (Å²) in [6.45, 7) is 8.05. The average Bonchev–Trinajstić information content (AvgIpc) is 2.83. The predicted molar refractivity (Wildman–Crippen MR) is 155 cm³/mol. The molecule has 0 saturated heterocycles. The van der Waals surface area contributed by atoms with Crippen LogP contribution in [-0.2, 0) is 9.53 Å². The average molecular weight is 561 g/mol. The molecule has 0 aliphatic heterocycles. The quantitative estimate of drug-likeness (QED) is 0.0364. The number of nitrogens with one attached hydrogen (secondary N) is 1. The Morgan fingerprint density at radius 3 is 1.71 bits per heavy atom. The summed E-state index contributed by atoms with van der Waals surface area (Å²) < 4.78 is 5.30. The lowest BCUT2D eigenvalue weighted by molar-refractivity contribution is -0.162. The van der Waals surface area contributed by atoms with Crippen molar-refractivity contribution < 1.29 is 14.6 Å². The van der Waals surface area contributed by atoms with E-state index in [1.54, 1.807) is 0 Å². The Bertz CT molecular complexity index is 506. The van der Waals surface area contributed by atoms with Gasteiger partial charge in [0.1, 0.15) is 0 Å². The van der Waals surface area contributed by atoms with E-state index in [-0.39, 0.29) is 5.97 Å². The number of alkyl halides is 1. The minimum absolute atomic E-state index is 0.295. The van der Waals surface area contributed by atoms with Gasteiger partial charge in [-0.1, -0.05) is 125 Å². The Morgan fingerprint density at radius 1 is 0.714 bits per heavy atom. The highest BCUT2D eigenvalue weighted by Crippen LogP contribution is 2.16. The van der Waals surface area contributed by atoms with Crippen molar-refractivity contribution in [3.05, 3.63) is 11.1 Å². The van der Waals surface area contributed by atoms with Gasteiger partial charge in [-0.25, -0.2) is 0 Å². The molecule has 2 N–H and O–H groups in total. The number of hydrogen-bond donors (Lipinski definition) is 2. The maximum absolute atomic E-state index is 12.1. The van der Waals surface area contributed by atoms with Crippen molar-refractivity contribution >= 4 is 21.9 Å². The number of aliphatic hydroxyl groups is 1. The van der Waals surface area contributed by atoms with E-state index in [0.29, 0.717) is 12.8 Å². The molecule has 35 heavy (non-hydrogen) atoms. The van der Waals surface area contributed by atoms with Gasteiger partial charge in [-0.15, -0.1) is 0 Å². The maximum atomic E-state index is 12.1. The van der Waals surface area contributed by atoms with E-state index in [0.717, 1.165) is 48.8 Å². The third-order valence-electron chi connectivity index (χ3n) is 6.73. The van der Waals surface area contributed by atoms with Crippen molar-refractivity contribution in [3.8, 4) is 0 Å². The van der Waals surface area contributed by atoms with Crippen LogP contribution in [0.5, 0.6) is 0 Å². The van der Waals surface area contributed by atoms with Crippen LogP contribution < -0.4 is 5.32 Å². The van der Waals surface area contributed by atoms with Crippen molar-refractivity contribution in [2.45, 2.75) is 155 Å². The molecule has 5 heteroatoms. The molecule has 0 aromatic rings. The molecule has 208 valence electrons.